The van der Waals surface area contributed by atoms with Gasteiger partial charge in [-0.3, -0.25) is 0 Å². The number of rotatable bonds is 2. The lowest BCUT2D eigenvalue weighted by molar-refractivity contribution is 0.277. The summed E-state index contributed by atoms with van der Waals surface area (Å²) >= 11 is 1.58. The fourth-order valence-electron chi connectivity index (χ4n) is 1.92. The molecule has 1 aliphatic rings. The molecule has 2 heterocycles. The lowest BCUT2D eigenvalue weighted by Crippen LogP contribution is -2.02. The Labute approximate surface area is 97.3 Å². The zero-order valence-electron chi connectivity index (χ0n) is 8.59. The number of para-hydroxylation sites is 1. The molecule has 0 aliphatic carbocycles. The maximum atomic E-state index is 9.00. The highest BCUT2D eigenvalue weighted by atomic mass is 32.1. The van der Waals surface area contributed by atoms with Crippen molar-refractivity contribution in [1.29, 1.82) is 0 Å². The highest BCUT2D eigenvalue weighted by Crippen LogP contribution is 2.38. The molecule has 82 valence electrons. The van der Waals surface area contributed by atoms with Crippen molar-refractivity contribution < 1.29 is 9.84 Å². The summed E-state index contributed by atoms with van der Waals surface area (Å²) in [4.78, 5) is 4.40. The van der Waals surface area contributed by atoms with Gasteiger partial charge in [-0.1, -0.05) is 18.2 Å². The van der Waals surface area contributed by atoms with E-state index in [2.05, 4.69) is 11.1 Å². The summed E-state index contributed by atoms with van der Waals surface area (Å²) in [5.74, 6) is 1.18. The van der Waals surface area contributed by atoms with Crippen molar-refractivity contribution in [3.63, 3.8) is 0 Å². The molecule has 0 spiro atoms. The van der Waals surface area contributed by atoms with Gasteiger partial charge in [0.25, 0.3) is 0 Å². The lowest BCUT2D eigenvalue weighted by atomic mass is 10.0. The van der Waals surface area contributed by atoms with Gasteiger partial charge in [0.05, 0.1) is 18.2 Å². The predicted molar refractivity (Wildman–Crippen MR) is 61.8 cm³/mol. The topological polar surface area (TPSA) is 42.4 Å². The molecule has 0 radical (unpaired) electrons. The van der Waals surface area contributed by atoms with Crippen LogP contribution in [0.1, 0.15) is 22.2 Å². The van der Waals surface area contributed by atoms with Gasteiger partial charge in [0.1, 0.15) is 17.4 Å². The second-order valence-corrected chi connectivity index (χ2v) is 4.63. The van der Waals surface area contributed by atoms with E-state index in [1.165, 1.54) is 5.56 Å². The summed E-state index contributed by atoms with van der Waals surface area (Å²) in [5, 5.41) is 11.9. The largest absolute Gasteiger partial charge is 0.492 e. The number of hydrogen-bond acceptors (Lipinski definition) is 4. The average Bonchev–Trinajstić information content (AvgIpc) is 2.94. The monoisotopic (exact) mass is 233 g/mol. The van der Waals surface area contributed by atoms with Crippen LogP contribution in [0.25, 0.3) is 0 Å². The Morgan fingerprint density at radius 3 is 3.12 bits per heavy atom. The standard InChI is InChI=1S/C12H11NO2S/c14-5-8-7-16-12(13-8)10-6-15-11-4-2-1-3-9(10)11/h1-4,7,10,14H,5-6H2. The van der Waals surface area contributed by atoms with Crippen molar-refractivity contribution in [1.82, 2.24) is 4.98 Å². The van der Waals surface area contributed by atoms with E-state index in [4.69, 9.17) is 9.84 Å². The van der Waals surface area contributed by atoms with Gasteiger partial charge >= 0.3 is 0 Å². The minimum absolute atomic E-state index is 0.00568. The Kier molecular flexibility index (Phi) is 2.38. The Morgan fingerprint density at radius 2 is 2.31 bits per heavy atom. The van der Waals surface area contributed by atoms with Crippen molar-refractivity contribution in [2.45, 2.75) is 12.5 Å². The molecule has 0 saturated heterocycles. The molecule has 4 heteroatoms. The van der Waals surface area contributed by atoms with Crippen LogP contribution >= 0.6 is 11.3 Å². The van der Waals surface area contributed by atoms with Crippen molar-refractivity contribution in [3.8, 4) is 5.75 Å². The van der Waals surface area contributed by atoms with Gasteiger partial charge in [-0.15, -0.1) is 11.3 Å². The minimum Gasteiger partial charge on any atom is -0.492 e. The highest BCUT2D eigenvalue weighted by molar-refractivity contribution is 7.09. The highest BCUT2D eigenvalue weighted by Gasteiger charge is 2.27. The molecule has 1 atom stereocenters. The van der Waals surface area contributed by atoms with Crippen LogP contribution in [0.5, 0.6) is 5.75 Å². The number of hydrogen-bond donors (Lipinski definition) is 1. The lowest BCUT2D eigenvalue weighted by Gasteiger charge is -2.03. The SMILES string of the molecule is OCc1csc(C2COc3ccccc32)n1. The number of nitrogens with zero attached hydrogens (tertiary/aromatic N) is 1. The normalized spacial score (nSPS) is 18.2. The molecule has 3 nitrogen and oxygen atoms in total. The average molecular weight is 233 g/mol. The van der Waals surface area contributed by atoms with Gasteiger partial charge in [-0.25, -0.2) is 4.98 Å². The first kappa shape index (κ1) is 9.81. The fourth-order valence-corrected chi connectivity index (χ4v) is 2.84. The van der Waals surface area contributed by atoms with Crippen LogP contribution in [0, 0.1) is 0 Å². The summed E-state index contributed by atoms with van der Waals surface area (Å²) in [7, 11) is 0. The number of benzene rings is 1. The van der Waals surface area contributed by atoms with E-state index in [1.807, 2.05) is 23.6 Å². The summed E-state index contributed by atoms with van der Waals surface area (Å²) in [6.07, 6.45) is 0. The second kappa shape index (κ2) is 3.88. The van der Waals surface area contributed by atoms with E-state index in [9.17, 15) is 0 Å². The minimum atomic E-state index is 0.00568. The number of aromatic nitrogens is 1. The predicted octanol–water partition coefficient (Wildman–Crippen LogP) is 2.16. The molecular weight excluding hydrogens is 222 g/mol. The molecule has 3 rings (SSSR count). The molecule has 2 aromatic rings. The van der Waals surface area contributed by atoms with E-state index >= 15 is 0 Å². The van der Waals surface area contributed by atoms with E-state index in [0.717, 1.165) is 16.5 Å². The molecule has 0 fully saturated rings. The Hall–Kier alpha value is -1.39. The van der Waals surface area contributed by atoms with Gasteiger partial charge in [-0.05, 0) is 6.07 Å². The number of thiazole rings is 1. The molecule has 16 heavy (non-hydrogen) atoms. The summed E-state index contributed by atoms with van der Waals surface area (Å²) in [6.45, 7) is 0.656. The van der Waals surface area contributed by atoms with Crippen LogP contribution in [0.2, 0.25) is 0 Å². The molecular formula is C12H11NO2S. The first-order valence-corrected chi connectivity index (χ1v) is 6.03. The second-order valence-electron chi connectivity index (χ2n) is 3.74. The maximum Gasteiger partial charge on any atom is 0.123 e. The summed E-state index contributed by atoms with van der Waals surface area (Å²) in [6, 6.07) is 8.05. The number of ether oxygens (including phenoxy) is 1. The first-order valence-electron chi connectivity index (χ1n) is 5.15. The quantitative estimate of drug-likeness (QED) is 0.864. The molecule has 0 bridgehead atoms. The summed E-state index contributed by atoms with van der Waals surface area (Å²) < 4.78 is 5.61. The Morgan fingerprint density at radius 1 is 1.44 bits per heavy atom. The van der Waals surface area contributed by atoms with Crippen LogP contribution in [-0.4, -0.2) is 16.7 Å². The van der Waals surface area contributed by atoms with Crippen molar-refractivity contribution >= 4 is 11.3 Å². The zero-order chi connectivity index (χ0) is 11.0. The third kappa shape index (κ3) is 1.50. The molecule has 1 N–H and O–H groups in total. The Balaban J connectivity index is 1.98. The van der Waals surface area contributed by atoms with Crippen molar-refractivity contribution in [3.05, 3.63) is 45.9 Å². The fraction of sp³-hybridized carbons (Fsp3) is 0.250. The molecule has 0 saturated carbocycles. The number of aliphatic hydroxyl groups is 1. The zero-order valence-corrected chi connectivity index (χ0v) is 9.41. The van der Waals surface area contributed by atoms with E-state index in [-0.39, 0.29) is 12.5 Å². The molecule has 1 aromatic carbocycles. The molecule has 0 amide bonds. The third-order valence-corrected chi connectivity index (χ3v) is 3.74. The van der Waals surface area contributed by atoms with Gasteiger partial charge in [0.15, 0.2) is 0 Å². The van der Waals surface area contributed by atoms with Crippen LogP contribution in [-0.2, 0) is 6.61 Å². The number of fused-ring (bicyclic) bond motifs is 1. The van der Waals surface area contributed by atoms with Crippen LogP contribution in [0.3, 0.4) is 0 Å². The van der Waals surface area contributed by atoms with E-state index in [0.29, 0.717) is 6.61 Å². The van der Waals surface area contributed by atoms with E-state index in [1.54, 1.807) is 11.3 Å². The van der Waals surface area contributed by atoms with Gasteiger partial charge in [0, 0.05) is 10.9 Å². The Bertz CT molecular complexity index is 509. The maximum absolute atomic E-state index is 9.00. The van der Waals surface area contributed by atoms with Gasteiger partial charge < -0.3 is 9.84 Å². The molecule has 1 aliphatic heterocycles. The smallest absolute Gasteiger partial charge is 0.123 e. The van der Waals surface area contributed by atoms with Gasteiger partial charge in [-0.2, -0.15) is 0 Å². The third-order valence-electron chi connectivity index (χ3n) is 2.73. The van der Waals surface area contributed by atoms with Crippen LogP contribution in [0.4, 0.5) is 0 Å². The molecule has 1 unspecified atom stereocenters. The number of aliphatic hydroxyl groups excluding tert-OH is 1. The first-order chi connectivity index (χ1) is 7.88. The van der Waals surface area contributed by atoms with Crippen molar-refractivity contribution in [2.75, 3.05) is 6.61 Å². The van der Waals surface area contributed by atoms with Crippen molar-refractivity contribution in [2.24, 2.45) is 0 Å². The molecule has 1 aromatic heterocycles. The van der Waals surface area contributed by atoms with Crippen LogP contribution < -0.4 is 4.74 Å². The van der Waals surface area contributed by atoms with Crippen LogP contribution in [0.15, 0.2) is 29.6 Å². The summed E-state index contributed by atoms with van der Waals surface area (Å²) in [5.41, 5.74) is 1.94. The van der Waals surface area contributed by atoms with E-state index < -0.39 is 0 Å². The van der Waals surface area contributed by atoms with Gasteiger partial charge in [0.2, 0.25) is 0 Å².